The van der Waals surface area contributed by atoms with Crippen LogP contribution < -0.4 is 5.73 Å². The van der Waals surface area contributed by atoms with Gasteiger partial charge in [-0.2, -0.15) is 0 Å². The number of piperidine rings is 1. The van der Waals surface area contributed by atoms with Crippen LogP contribution in [0.5, 0.6) is 0 Å². The number of likely N-dealkylation sites (tertiary alicyclic amines) is 1. The molecule has 4 heteroatoms. The van der Waals surface area contributed by atoms with Crippen molar-refractivity contribution in [1.82, 2.24) is 4.90 Å². The number of benzene rings is 1. The quantitative estimate of drug-likeness (QED) is 0.911. The Morgan fingerprint density at radius 3 is 3.00 bits per heavy atom. The van der Waals surface area contributed by atoms with E-state index < -0.39 is 0 Å². The van der Waals surface area contributed by atoms with E-state index in [9.17, 15) is 4.79 Å². The van der Waals surface area contributed by atoms with Crippen LogP contribution in [0.15, 0.2) is 28.7 Å². The summed E-state index contributed by atoms with van der Waals surface area (Å²) in [5.74, 6) is 0.0986. The molecule has 17 heavy (non-hydrogen) atoms. The van der Waals surface area contributed by atoms with Gasteiger partial charge < -0.3 is 10.6 Å². The topological polar surface area (TPSA) is 46.3 Å². The normalized spacial score (nSPS) is 20.4. The zero-order valence-corrected chi connectivity index (χ0v) is 11.3. The van der Waals surface area contributed by atoms with Crippen molar-refractivity contribution in [3.05, 3.63) is 34.3 Å². The van der Waals surface area contributed by atoms with Gasteiger partial charge in [0.05, 0.1) is 0 Å². The lowest BCUT2D eigenvalue weighted by molar-refractivity contribution is 0.0623. The minimum atomic E-state index is 0.0986. The van der Waals surface area contributed by atoms with Gasteiger partial charge in [-0.1, -0.05) is 22.0 Å². The molecule has 1 fully saturated rings. The molecule has 0 spiro atoms. The molecule has 1 saturated heterocycles. The van der Waals surface area contributed by atoms with Crippen molar-refractivity contribution in [2.75, 3.05) is 13.1 Å². The minimum Gasteiger partial charge on any atom is -0.334 e. The van der Waals surface area contributed by atoms with Gasteiger partial charge in [0.15, 0.2) is 0 Å². The summed E-state index contributed by atoms with van der Waals surface area (Å²) in [6.07, 6.45) is 3.27. The standard InChI is InChI=1S/C13H17BrN2O/c14-11-5-3-4-10(8-11)13(17)16-7-2-1-6-12(16)9-15/h3-5,8,12H,1-2,6-7,9,15H2. The summed E-state index contributed by atoms with van der Waals surface area (Å²) in [5.41, 5.74) is 6.47. The molecular weight excluding hydrogens is 280 g/mol. The van der Waals surface area contributed by atoms with Gasteiger partial charge in [0.2, 0.25) is 0 Å². The summed E-state index contributed by atoms with van der Waals surface area (Å²) in [7, 11) is 0. The zero-order chi connectivity index (χ0) is 12.3. The second kappa shape index (κ2) is 5.65. The Kier molecular flexibility index (Phi) is 4.18. The van der Waals surface area contributed by atoms with Crippen molar-refractivity contribution >= 4 is 21.8 Å². The highest BCUT2D eigenvalue weighted by atomic mass is 79.9. The summed E-state index contributed by atoms with van der Waals surface area (Å²) < 4.78 is 0.935. The lowest BCUT2D eigenvalue weighted by Crippen LogP contribution is -2.47. The average Bonchev–Trinajstić information content (AvgIpc) is 2.38. The lowest BCUT2D eigenvalue weighted by atomic mass is 10.0. The summed E-state index contributed by atoms with van der Waals surface area (Å²) in [6.45, 7) is 1.38. The number of nitrogens with two attached hydrogens (primary N) is 1. The van der Waals surface area contributed by atoms with Crippen molar-refractivity contribution in [3.8, 4) is 0 Å². The van der Waals surface area contributed by atoms with Gasteiger partial charge >= 0.3 is 0 Å². The van der Waals surface area contributed by atoms with Crippen LogP contribution in [-0.2, 0) is 0 Å². The van der Waals surface area contributed by atoms with E-state index in [1.165, 1.54) is 6.42 Å². The van der Waals surface area contributed by atoms with Crippen molar-refractivity contribution in [1.29, 1.82) is 0 Å². The number of rotatable bonds is 2. The molecule has 1 aliphatic heterocycles. The monoisotopic (exact) mass is 296 g/mol. The molecule has 2 rings (SSSR count). The molecule has 1 amide bonds. The fourth-order valence-corrected chi connectivity index (χ4v) is 2.70. The highest BCUT2D eigenvalue weighted by molar-refractivity contribution is 9.10. The van der Waals surface area contributed by atoms with E-state index in [4.69, 9.17) is 5.73 Å². The van der Waals surface area contributed by atoms with Crippen LogP contribution in [0.25, 0.3) is 0 Å². The van der Waals surface area contributed by atoms with Gasteiger partial charge in [0.1, 0.15) is 0 Å². The van der Waals surface area contributed by atoms with Gasteiger partial charge in [-0.25, -0.2) is 0 Å². The SMILES string of the molecule is NCC1CCCCN1C(=O)c1cccc(Br)c1. The molecule has 1 atom stereocenters. The molecule has 1 unspecified atom stereocenters. The molecular formula is C13H17BrN2O. The molecule has 0 radical (unpaired) electrons. The van der Waals surface area contributed by atoms with Crippen molar-refractivity contribution < 1.29 is 4.79 Å². The second-order valence-electron chi connectivity index (χ2n) is 4.39. The maximum atomic E-state index is 12.4. The third kappa shape index (κ3) is 2.87. The van der Waals surface area contributed by atoms with E-state index in [1.54, 1.807) is 0 Å². The van der Waals surface area contributed by atoms with Gasteiger partial charge in [0.25, 0.3) is 5.91 Å². The number of amides is 1. The zero-order valence-electron chi connectivity index (χ0n) is 9.73. The van der Waals surface area contributed by atoms with E-state index in [1.807, 2.05) is 29.2 Å². The van der Waals surface area contributed by atoms with E-state index in [-0.39, 0.29) is 11.9 Å². The van der Waals surface area contributed by atoms with Crippen LogP contribution in [0.2, 0.25) is 0 Å². The van der Waals surface area contributed by atoms with E-state index in [0.717, 1.165) is 29.4 Å². The molecule has 1 aliphatic rings. The Bertz CT molecular complexity index is 408. The van der Waals surface area contributed by atoms with Gasteiger partial charge in [-0.05, 0) is 37.5 Å². The molecule has 1 aromatic rings. The molecule has 0 aliphatic carbocycles. The number of hydrogen-bond donors (Lipinski definition) is 1. The van der Waals surface area contributed by atoms with E-state index in [0.29, 0.717) is 6.54 Å². The minimum absolute atomic E-state index is 0.0986. The predicted molar refractivity (Wildman–Crippen MR) is 71.9 cm³/mol. The van der Waals surface area contributed by atoms with Crippen LogP contribution in [0.3, 0.4) is 0 Å². The Labute approximate surface area is 110 Å². The first kappa shape index (κ1) is 12.6. The van der Waals surface area contributed by atoms with Crippen LogP contribution >= 0.6 is 15.9 Å². The number of carbonyl (C=O) groups excluding carboxylic acids is 1. The Hall–Kier alpha value is -0.870. The number of carbonyl (C=O) groups is 1. The second-order valence-corrected chi connectivity index (χ2v) is 5.31. The van der Waals surface area contributed by atoms with Crippen LogP contribution in [0.1, 0.15) is 29.6 Å². The summed E-state index contributed by atoms with van der Waals surface area (Å²) in [5, 5.41) is 0. The molecule has 0 aromatic heterocycles. The van der Waals surface area contributed by atoms with Gasteiger partial charge in [0, 0.05) is 29.2 Å². The van der Waals surface area contributed by atoms with E-state index in [2.05, 4.69) is 15.9 Å². The first-order chi connectivity index (χ1) is 8.22. The number of hydrogen-bond acceptors (Lipinski definition) is 2. The highest BCUT2D eigenvalue weighted by Crippen LogP contribution is 2.20. The number of halogens is 1. The third-order valence-corrected chi connectivity index (χ3v) is 3.72. The third-order valence-electron chi connectivity index (χ3n) is 3.23. The summed E-state index contributed by atoms with van der Waals surface area (Å²) in [6, 6.07) is 7.74. The fourth-order valence-electron chi connectivity index (χ4n) is 2.30. The molecule has 0 bridgehead atoms. The van der Waals surface area contributed by atoms with Gasteiger partial charge in [-0.3, -0.25) is 4.79 Å². The largest absolute Gasteiger partial charge is 0.334 e. The molecule has 0 saturated carbocycles. The summed E-state index contributed by atoms with van der Waals surface area (Å²) >= 11 is 3.39. The predicted octanol–water partition coefficient (Wildman–Crippen LogP) is 2.40. The lowest BCUT2D eigenvalue weighted by Gasteiger charge is -2.35. The molecule has 92 valence electrons. The van der Waals surface area contributed by atoms with Crippen LogP contribution in [0.4, 0.5) is 0 Å². The highest BCUT2D eigenvalue weighted by Gasteiger charge is 2.26. The maximum absolute atomic E-state index is 12.4. The van der Waals surface area contributed by atoms with E-state index >= 15 is 0 Å². The maximum Gasteiger partial charge on any atom is 0.254 e. The van der Waals surface area contributed by atoms with Gasteiger partial charge in [-0.15, -0.1) is 0 Å². The van der Waals surface area contributed by atoms with Crippen molar-refractivity contribution in [2.45, 2.75) is 25.3 Å². The fraction of sp³-hybridized carbons (Fsp3) is 0.462. The Balaban J connectivity index is 2.18. The smallest absolute Gasteiger partial charge is 0.254 e. The molecule has 1 heterocycles. The Morgan fingerprint density at radius 1 is 1.47 bits per heavy atom. The summed E-state index contributed by atoms with van der Waals surface area (Å²) in [4.78, 5) is 14.3. The first-order valence-corrected chi connectivity index (χ1v) is 6.78. The molecule has 3 nitrogen and oxygen atoms in total. The van der Waals surface area contributed by atoms with Crippen molar-refractivity contribution in [3.63, 3.8) is 0 Å². The average molecular weight is 297 g/mol. The molecule has 2 N–H and O–H groups in total. The number of nitrogens with zero attached hydrogens (tertiary/aromatic N) is 1. The van der Waals surface area contributed by atoms with Crippen LogP contribution in [-0.4, -0.2) is 29.9 Å². The van der Waals surface area contributed by atoms with Crippen molar-refractivity contribution in [2.24, 2.45) is 5.73 Å². The Morgan fingerprint density at radius 2 is 2.29 bits per heavy atom. The van der Waals surface area contributed by atoms with Crippen LogP contribution in [0, 0.1) is 0 Å². The first-order valence-electron chi connectivity index (χ1n) is 5.99. The molecule has 1 aromatic carbocycles.